The number of aliphatic hydroxyl groups excluding tert-OH is 1. The summed E-state index contributed by atoms with van der Waals surface area (Å²) in [5.41, 5.74) is 0. The molecule has 0 radical (unpaired) electrons. The average Bonchev–Trinajstić information content (AvgIpc) is 3.17. The topological polar surface area (TPSA) is 61.6 Å². The van der Waals surface area contributed by atoms with Gasteiger partial charge in [0.2, 0.25) is 5.91 Å². The van der Waals surface area contributed by atoms with Crippen molar-refractivity contribution in [3.63, 3.8) is 0 Å². The van der Waals surface area contributed by atoms with Crippen LogP contribution in [0.25, 0.3) is 0 Å². The summed E-state index contributed by atoms with van der Waals surface area (Å²) in [6.45, 7) is 5.15. The molecule has 3 atom stereocenters. The number of piperazine rings is 1. The molecule has 1 aromatic heterocycles. The molecule has 2 aliphatic rings. The molecule has 1 aromatic rings. The van der Waals surface area contributed by atoms with Crippen LogP contribution in [0.2, 0.25) is 0 Å². The van der Waals surface area contributed by atoms with Crippen molar-refractivity contribution in [2.45, 2.75) is 44.4 Å². The fourth-order valence-corrected chi connectivity index (χ4v) is 3.51. The zero-order chi connectivity index (χ0) is 14.8. The highest BCUT2D eigenvalue weighted by Gasteiger charge is 2.34. The number of aliphatic hydroxyl groups is 1. The molecule has 0 bridgehead atoms. The number of rotatable bonds is 3. The Morgan fingerprint density at radius 1 is 1.29 bits per heavy atom. The molecule has 1 N–H and O–H groups in total. The summed E-state index contributed by atoms with van der Waals surface area (Å²) in [4.78, 5) is 20.8. The van der Waals surface area contributed by atoms with E-state index in [4.69, 9.17) is 0 Å². The lowest BCUT2D eigenvalue weighted by atomic mass is 10.1. The molecule has 116 valence electrons. The van der Waals surface area contributed by atoms with Gasteiger partial charge in [-0.05, 0) is 26.2 Å². The lowest BCUT2D eigenvalue weighted by molar-refractivity contribution is -0.136. The lowest BCUT2D eigenvalue weighted by Crippen LogP contribution is -2.54. The summed E-state index contributed by atoms with van der Waals surface area (Å²) in [5, 5.41) is 10.00. The molecule has 3 rings (SSSR count). The standard InChI is InChI=1S/C15H24N4O2/c1-12(19-6-5-16-11-19)15(21)18-9-7-17(8-10-18)13-3-2-4-14(13)20/h5-6,11-14,20H,2-4,7-10H2,1H3. The van der Waals surface area contributed by atoms with Gasteiger partial charge in [0, 0.05) is 44.6 Å². The van der Waals surface area contributed by atoms with E-state index in [0.717, 1.165) is 45.4 Å². The van der Waals surface area contributed by atoms with E-state index in [2.05, 4.69) is 9.88 Å². The molecular formula is C15H24N4O2. The van der Waals surface area contributed by atoms with Gasteiger partial charge in [0.25, 0.3) is 0 Å². The first kappa shape index (κ1) is 14.5. The van der Waals surface area contributed by atoms with E-state index in [0.29, 0.717) is 6.04 Å². The largest absolute Gasteiger partial charge is 0.391 e. The molecule has 3 unspecified atom stereocenters. The first-order chi connectivity index (χ1) is 10.2. The number of hydrogen-bond donors (Lipinski definition) is 1. The third-order valence-corrected chi connectivity index (χ3v) is 4.87. The first-order valence-corrected chi connectivity index (χ1v) is 7.85. The third-order valence-electron chi connectivity index (χ3n) is 4.87. The van der Waals surface area contributed by atoms with Crippen molar-refractivity contribution in [1.82, 2.24) is 19.4 Å². The molecule has 21 heavy (non-hydrogen) atoms. The predicted octanol–water partition coefficient (Wildman–Crippen LogP) is 0.502. The highest BCUT2D eigenvalue weighted by atomic mass is 16.3. The van der Waals surface area contributed by atoms with Crippen molar-refractivity contribution in [3.8, 4) is 0 Å². The maximum Gasteiger partial charge on any atom is 0.245 e. The number of amides is 1. The Labute approximate surface area is 125 Å². The van der Waals surface area contributed by atoms with Crippen LogP contribution in [0, 0.1) is 0 Å². The van der Waals surface area contributed by atoms with Gasteiger partial charge in [-0.25, -0.2) is 4.98 Å². The Balaban J connectivity index is 1.54. The predicted molar refractivity (Wildman–Crippen MR) is 78.7 cm³/mol. The van der Waals surface area contributed by atoms with Gasteiger partial charge in [-0.3, -0.25) is 9.69 Å². The van der Waals surface area contributed by atoms with Gasteiger partial charge in [0.15, 0.2) is 0 Å². The monoisotopic (exact) mass is 292 g/mol. The fraction of sp³-hybridized carbons (Fsp3) is 0.733. The van der Waals surface area contributed by atoms with Crippen LogP contribution in [0.1, 0.15) is 32.2 Å². The molecule has 1 amide bonds. The molecule has 1 aliphatic heterocycles. The van der Waals surface area contributed by atoms with Crippen molar-refractivity contribution in [2.24, 2.45) is 0 Å². The zero-order valence-electron chi connectivity index (χ0n) is 12.6. The quantitative estimate of drug-likeness (QED) is 0.881. The Morgan fingerprint density at radius 3 is 2.62 bits per heavy atom. The number of hydrogen-bond acceptors (Lipinski definition) is 4. The minimum Gasteiger partial charge on any atom is -0.391 e. The molecule has 6 heteroatoms. The van der Waals surface area contributed by atoms with Gasteiger partial charge >= 0.3 is 0 Å². The second kappa shape index (κ2) is 6.15. The molecule has 1 saturated heterocycles. The van der Waals surface area contributed by atoms with Gasteiger partial charge < -0.3 is 14.6 Å². The molecular weight excluding hydrogens is 268 g/mol. The second-order valence-corrected chi connectivity index (χ2v) is 6.11. The van der Waals surface area contributed by atoms with E-state index < -0.39 is 0 Å². The Hall–Kier alpha value is -1.40. The minimum atomic E-state index is -0.198. The Morgan fingerprint density at radius 2 is 2.05 bits per heavy atom. The molecule has 0 aromatic carbocycles. The van der Waals surface area contributed by atoms with Gasteiger partial charge in [-0.15, -0.1) is 0 Å². The minimum absolute atomic E-state index is 0.152. The number of imidazole rings is 1. The maximum absolute atomic E-state index is 12.5. The van der Waals surface area contributed by atoms with Crippen LogP contribution in [-0.2, 0) is 4.79 Å². The SMILES string of the molecule is CC(C(=O)N1CCN(C2CCCC2O)CC1)n1ccnc1. The third kappa shape index (κ3) is 2.96. The number of nitrogens with zero attached hydrogens (tertiary/aromatic N) is 4. The van der Waals surface area contributed by atoms with E-state index in [1.807, 2.05) is 22.6 Å². The normalized spacial score (nSPS) is 28.8. The van der Waals surface area contributed by atoms with Crippen molar-refractivity contribution >= 4 is 5.91 Å². The first-order valence-electron chi connectivity index (χ1n) is 7.85. The van der Waals surface area contributed by atoms with Crippen LogP contribution in [0.5, 0.6) is 0 Å². The van der Waals surface area contributed by atoms with Crippen LogP contribution in [0.15, 0.2) is 18.7 Å². The van der Waals surface area contributed by atoms with Crippen LogP contribution in [0.4, 0.5) is 0 Å². The van der Waals surface area contributed by atoms with E-state index in [9.17, 15) is 9.90 Å². The van der Waals surface area contributed by atoms with Crippen LogP contribution >= 0.6 is 0 Å². The highest BCUT2D eigenvalue weighted by Crippen LogP contribution is 2.25. The van der Waals surface area contributed by atoms with Crippen LogP contribution in [0.3, 0.4) is 0 Å². The zero-order valence-corrected chi connectivity index (χ0v) is 12.6. The van der Waals surface area contributed by atoms with Crippen LogP contribution < -0.4 is 0 Å². The summed E-state index contributed by atoms with van der Waals surface area (Å²) < 4.78 is 1.84. The highest BCUT2D eigenvalue weighted by molar-refractivity contribution is 5.80. The van der Waals surface area contributed by atoms with Crippen molar-refractivity contribution in [3.05, 3.63) is 18.7 Å². The van der Waals surface area contributed by atoms with Gasteiger partial charge in [-0.2, -0.15) is 0 Å². The maximum atomic E-state index is 12.5. The van der Waals surface area contributed by atoms with Gasteiger partial charge in [-0.1, -0.05) is 0 Å². The van der Waals surface area contributed by atoms with Crippen molar-refractivity contribution in [2.75, 3.05) is 26.2 Å². The fourth-order valence-electron chi connectivity index (χ4n) is 3.51. The van der Waals surface area contributed by atoms with Crippen LogP contribution in [-0.4, -0.2) is 68.7 Å². The molecule has 6 nitrogen and oxygen atoms in total. The van der Waals surface area contributed by atoms with E-state index in [1.165, 1.54) is 0 Å². The number of carbonyl (C=O) groups excluding carboxylic acids is 1. The van der Waals surface area contributed by atoms with E-state index >= 15 is 0 Å². The summed E-state index contributed by atoms with van der Waals surface area (Å²) in [6, 6.07) is 0.101. The van der Waals surface area contributed by atoms with E-state index in [1.54, 1.807) is 12.5 Å². The van der Waals surface area contributed by atoms with Gasteiger partial charge in [0.05, 0.1) is 12.4 Å². The van der Waals surface area contributed by atoms with Crippen molar-refractivity contribution in [1.29, 1.82) is 0 Å². The Bertz CT molecular complexity index is 468. The number of carbonyl (C=O) groups is 1. The molecule has 2 fully saturated rings. The van der Waals surface area contributed by atoms with E-state index in [-0.39, 0.29) is 18.1 Å². The Kier molecular flexibility index (Phi) is 4.26. The number of aromatic nitrogens is 2. The van der Waals surface area contributed by atoms with Gasteiger partial charge in [0.1, 0.15) is 6.04 Å². The average molecular weight is 292 g/mol. The summed E-state index contributed by atoms with van der Waals surface area (Å²) >= 11 is 0. The summed E-state index contributed by atoms with van der Waals surface area (Å²) in [5.74, 6) is 0.152. The molecule has 1 saturated carbocycles. The summed E-state index contributed by atoms with van der Waals surface area (Å²) in [7, 11) is 0. The molecule has 2 heterocycles. The lowest BCUT2D eigenvalue weighted by Gasteiger charge is -2.39. The molecule has 1 aliphatic carbocycles. The van der Waals surface area contributed by atoms with Crippen molar-refractivity contribution < 1.29 is 9.90 Å². The second-order valence-electron chi connectivity index (χ2n) is 6.11. The summed E-state index contributed by atoms with van der Waals surface area (Å²) in [6.07, 6.45) is 8.15. The molecule has 0 spiro atoms. The smallest absolute Gasteiger partial charge is 0.245 e.